The maximum absolute atomic E-state index is 12.2. The second kappa shape index (κ2) is 6.39. The maximum Gasteiger partial charge on any atom is 0.317 e. The second-order valence-electron chi connectivity index (χ2n) is 5.11. The number of aryl methyl sites for hydroxylation is 1. The molecule has 0 radical (unpaired) electrons. The zero-order valence-electron chi connectivity index (χ0n) is 12.9. The SMILES string of the molecule is Cc1c(CNC(=O)N(C)C(C)c2cccnc2)cnn1C. The summed E-state index contributed by atoms with van der Waals surface area (Å²) < 4.78 is 1.80. The van der Waals surface area contributed by atoms with Crippen LogP contribution in [0.4, 0.5) is 4.79 Å². The molecule has 21 heavy (non-hydrogen) atoms. The van der Waals surface area contributed by atoms with E-state index in [-0.39, 0.29) is 12.1 Å². The van der Waals surface area contributed by atoms with Crippen LogP contribution in [0.2, 0.25) is 0 Å². The highest BCUT2D eigenvalue weighted by Crippen LogP contribution is 2.17. The van der Waals surface area contributed by atoms with Gasteiger partial charge in [0.2, 0.25) is 0 Å². The number of nitrogens with zero attached hydrogens (tertiary/aromatic N) is 4. The molecule has 2 rings (SSSR count). The predicted octanol–water partition coefficient (Wildman–Crippen LogP) is 2.03. The van der Waals surface area contributed by atoms with Crippen LogP contribution in [0.1, 0.15) is 29.8 Å². The van der Waals surface area contributed by atoms with Crippen molar-refractivity contribution in [3.05, 3.63) is 47.5 Å². The molecule has 2 amide bonds. The van der Waals surface area contributed by atoms with Crippen molar-refractivity contribution in [3.63, 3.8) is 0 Å². The molecular weight excluding hydrogens is 266 g/mol. The second-order valence-corrected chi connectivity index (χ2v) is 5.11. The Balaban J connectivity index is 1.95. The molecule has 0 saturated carbocycles. The Morgan fingerprint density at radius 2 is 2.24 bits per heavy atom. The molecule has 112 valence electrons. The summed E-state index contributed by atoms with van der Waals surface area (Å²) in [6, 6.07) is 3.69. The summed E-state index contributed by atoms with van der Waals surface area (Å²) in [5.41, 5.74) is 3.08. The predicted molar refractivity (Wildman–Crippen MR) is 80.6 cm³/mol. The third kappa shape index (κ3) is 3.39. The molecular formula is C15H21N5O. The van der Waals surface area contributed by atoms with Crippen LogP contribution in [0, 0.1) is 6.92 Å². The smallest absolute Gasteiger partial charge is 0.317 e. The van der Waals surface area contributed by atoms with Gasteiger partial charge >= 0.3 is 6.03 Å². The van der Waals surface area contributed by atoms with Gasteiger partial charge in [-0.05, 0) is 25.5 Å². The standard InChI is InChI=1S/C15H21N5O/c1-11(13-6-5-7-16-8-13)19(3)15(21)17-9-14-10-18-20(4)12(14)2/h5-8,10-11H,9H2,1-4H3,(H,17,21). The van der Waals surface area contributed by atoms with Crippen LogP contribution < -0.4 is 5.32 Å². The molecule has 1 N–H and O–H groups in total. The minimum atomic E-state index is -0.116. The van der Waals surface area contributed by atoms with E-state index in [2.05, 4.69) is 15.4 Å². The quantitative estimate of drug-likeness (QED) is 0.936. The van der Waals surface area contributed by atoms with Gasteiger partial charge in [0, 0.05) is 44.3 Å². The van der Waals surface area contributed by atoms with Gasteiger partial charge in [0.1, 0.15) is 0 Å². The van der Waals surface area contributed by atoms with Gasteiger partial charge in [-0.2, -0.15) is 5.10 Å². The van der Waals surface area contributed by atoms with E-state index in [1.807, 2.05) is 33.0 Å². The van der Waals surface area contributed by atoms with Crippen molar-refractivity contribution >= 4 is 6.03 Å². The van der Waals surface area contributed by atoms with E-state index in [4.69, 9.17) is 0 Å². The number of aromatic nitrogens is 3. The number of hydrogen-bond acceptors (Lipinski definition) is 3. The maximum atomic E-state index is 12.2. The van der Waals surface area contributed by atoms with Crippen LogP contribution in [0.3, 0.4) is 0 Å². The van der Waals surface area contributed by atoms with Crippen LogP contribution in [0.15, 0.2) is 30.7 Å². The van der Waals surface area contributed by atoms with E-state index in [1.165, 1.54) is 0 Å². The lowest BCUT2D eigenvalue weighted by Gasteiger charge is -2.25. The van der Waals surface area contributed by atoms with Gasteiger partial charge in [-0.15, -0.1) is 0 Å². The number of nitrogens with one attached hydrogen (secondary N) is 1. The fourth-order valence-corrected chi connectivity index (χ4v) is 2.04. The molecule has 2 aromatic rings. The average molecular weight is 287 g/mol. The van der Waals surface area contributed by atoms with E-state index in [1.54, 1.807) is 35.2 Å². The van der Waals surface area contributed by atoms with Gasteiger partial charge in [-0.1, -0.05) is 6.07 Å². The first kappa shape index (κ1) is 15.0. The highest BCUT2D eigenvalue weighted by atomic mass is 16.2. The molecule has 0 saturated heterocycles. The van der Waals surface area contributed by atoms with Gasteiger partial charge < -0.3 is 10.2 Å². The Hall–Kier alpha value is -2.37. The van der Waals surface area contributed by atoms with E-state index in [9.17, 15) is 4.79 Å². The Kier molecular flexibility index (Phi) is 4.57. The Morgan fingerprint density at radius 1 is 1.48 bits per heavy atom. The summed E-state index contributed by atoms with van der Waals surface area (Å²) in [5, 5.41) is 7.08. The van der Waals surface area contributed by atoms with E-state index >= 15 is 0 Å². The fourth-order valence-electron chi connectivity index (χ4n) is 2.04. The van der Waals surface area contributed by atoms with Gasteiger partial charge in [0.25, 0.3) is 0 Å². The molecule has 2 aromatic heterocycles. The number of carbonyl (C=O) groups is 1. The minimum Gasteiger partial charge on any atom is -0.334 e. The van der Waals surface area contributed by atoms with Gasteiger partial charge in [0.05, 0.1) is 12.2 Å². The molecule has 6 nitrogen and oxygen atoms in total. The summed E-state index contributed by atoms with van der Waals surface area (Å²) in [5.74, 6) is 0. The van der Waals surface area contributed by atoms with E-state index in [0.29, 0.717) is 6.54 Å². The average Bonchev–Trinajstić information content (AvgIpc) is 2.83. The molecule has 1 atom stereocenters. The Morgan fingerprint density at radius 3 is 2.81 bits per heavy atom. The van der Waals surface area contributed by atoms with Crippen molar-refractivity contribution in [2.24, 2.45) is 7.05 Å². The topological polar surface area (TPSA) is 63.1 Å². The van der Waals surface area contributed by atoms with E-state index < -0.39 is 0 Å². The lowest BCUT2D eigenvalue weighted by molar-refractivity contribution is 0.194. The van der Waals surface area contributed by atoms with Crippen molar-refractivity contribution in [2.75, 3.05) is 7.05 Å². The number of rotatable bonds is 4. The lowest BCUT2D eigenvalue weighted by atomic mass is 10.1. The van der Waals surface area contributed by atoms with Gasteiger partial charge in [-0.25, -0.2) is 4.79 Å². The molecule has 0 aromatic carbocycles. The summed E-state index contributed by atoms with van der Waals surface area (Å²) in [6.07, 6.45) is 5.28. The first-order valence-electron chi connectivity index (χ1n) is 6.88. The Bertz CT molecular complexity index is 608. The summed E-state index contributed by atoms with van der Waals surface area (Å²) in [4.78, 5) is 18.0. The van der Waals surface area contributed by atoms with Gasteiger partial charge in [0.15, 0.2) is 0 Å². The molecule has 2 heterocycles. The van der Waals surface area contributed by atoms with E-state index in [0.717, 1.165) is 16.8 Å². The Labute approximate surface area is 124 Å². The van der Waals surface area contributed by atoms with Crippen LogP contribution in [0.25, 0.3) is 0 Å². The van der Waals surface area contributed by atoms with Crippen LogP contribution in [-0.2, 0) is 13.6 Å². The lowest BCUT2D eigenvalue weighted by Crippen LogP contribution is -2.38. The van der Waals surface area contributed by atoms with Crippen LogP contribution in [0.5, 0.6) is 0 Å². The molecule has 0 aliphatic rings. The fraction of sp³-hybridized carbons (Fsp3) is 0.400. The molecule has 1 unspecified atom stereocenters. The number of amides is 2. The van der Waals surface area contributed by atoms with Gasteiger partial charge in [-0.3, -0.25) is 9.67 Å². The zero-order chi connectivity index (χ0) is 15.4. The normalized spacial score (nSPS) is 12.0. The molecule has 0 spiro atoms. The van der Waals surface area contributed by atoms with Crippen molar-refractivity contribution in [1.82, 2.24) is 25.0 Å². The first-order valence-corrected chi connectivity index (χ1v) is 6.88. The van der Waals surface area contributed by atoms with Crippen molar-refractivity contribution in [2.45, 2.75) is 26.4 Å². The van der Waals surface area contributed by atoms with Crippen molar-refractivity contribution < 1.29 is 4.79 Å². The number of pyridine rings is 1. The highest BCUT2D eigenvalue weighted by molar-refractivity contribution is 5.74. The number of urea groups is 1. The molecule has 0 aliphatic carbocycles. The third-order valence-corrected chi connectivity index (χ3v) is 3.84. The molecule has 0 fully saturated rings. The third-order valence-electron chi connectivity index (χ3n) is 3.84. The molecule has 6 heteroatoms. The highest BCUT2D eigenvalue weighted by Gasteiger charge is 2.17. The van der Waals surface area contributed by atoms with Crippen LogP contribution >= 0.6 is 0 Å². The summed E-state index contributed by atoms with van der Waals surface area (Å²) in [7, 11) is 3.67. The monoisotopic (exact) mass is 287 g/mol. The van der Waals surface area contributed by atoms with Crippen LogP contribution in [-0.4, -0.2) is 32.7 Å². The van der Waals surface area contributed by atoms with Crippen molar-refractivity contribution in [3.8, 4) is 0 Å². The largest absolute Gasteiger partial charge is 0.334 e. The minimum absolute atomic E-state index is 0.0336. The number of hydrogen-bond donors (Lipinski definition) is 1. The first-order chi connectivity index (χ1) is 10.0. The number of carbonyl (C=O) groups excluding carboxylic acids is 1. The molecule has 0 bridgehead atoms. The summed E-state index contributed by atoms with van der Waals surface area (Å²) in [6.45, 7) is 4.44. The summed E-state index contributed by atoms with van der Waals surface area (Å²) >= 11 is 0. The molecule has 0 aliphatic heterocycles. The van der Waals surface area contributed by atoms with Crippen molar-refractivity contribution in [1.29, 1.82) is 0 Å². The zero-order valence-corrected chi connectivity index (χ0v) is 12.9.